The van der Waals surface area contributed by atoms with Crippen LogP contribution in [0.5, 0.6) is 0 Å². The topological polar surface area (TPSA) is 82.2 Å². The van der Waals surface area contributed by atoms with Crippen LogP contribution in [0, 0.1) is 5.41 Å². The summed E-state index contributed by atoms with van der Waals surface area (Å²) in [5.41, 5.74) is 6.11. The van der Waals surface area contributed by atoms with Crippen LogP contribution in [0.15, 0.2) is 42.5 Å². The minimum Gasteiger partial charge on any atom is -0.386 e. The first kappa shape index (κ1) is 13.9. The molecule has 2 aromatic rings. The molecular weight excluding hydrogens is 252 g/mol. The Kier molecular flexibility index (Phi) is 4.20. The van der Waals surface area contributed by atoms with Gasteiger partial charge in [0.2, 0.25) is 0 Å². The van der Waals surface area contributed by atoms with Crippen molar-refractivity contribution in [2.75, 3.05) is 18.4 Å². The highest BCUT2D eigenvalue weighted by Gasteiger charge is 2.13. The molecule has 0 heterocycles. The molecule has 2 rings (SSSR count). The second kappa shape index (κ2) is 6.06. The molecule has 0 aliphatic carbocycles. The van der Waals surface area contributed by atoms with Crippen LogP contribution >= 0.6 is 0 Å². The van der Waals surface area contributed by atoms with E-state index in [9.17, 15) is 4.79 Å². The lowest BCUT2D eigenvalue weighted by Crippen LogP contribution is -2.40. The van der Waals surface area contributed by atoms with Gasteiger partial charge in [-0.2, -0.15) is 0 Å². The quantitative estimate of drug-likeness (QED) is 0.589. The van der Waals surface area contributed by atoms with Gasteiger partial charge in [-0.25, -0.2) is 4.79 Å². The van der Waals surface area contributed by atoms with Gasteiger partial charge in [-0.05, 0) is 18.4 Å². The molecular formula is C15H18N4O. The molecule has 0 aliphatic heterocycles. The zero-order chi connectivity index (χ0) is 14.5. The number of rotatable bonds is 4. The van der Waals surface area contributed by atoms with E-state index in [1.54, 1.807) is 0 Å². The van der Waals surface area contributed by atoms with Gasteiger partial charge in [0.05, 0.1) is 12.2 Å². The summed E-state index contributed by atoms with van der Waals surface area (Å²) in [6, 6.07) is 13.4. The number of likely N-dealkylation sites (N-methyl/N-ethyl adjacent to an activating group) is 1. The van der Waals surface area contributed by atoms with Crippen LogP contribution in [0.4, 0.5) is 10.5 Å². The summed E-state index contributed by atoms with van der Waals surface area (Å²) < 4.78 is 0. The second-order valence-corrected chi connectivity index (χ2v) is 4.50. The largest absolute Gasteiger partial charge is 0.386 e. The predicted molar refractivity (Wildman–Crippen MR) is 82.1 cm³/mol. The van der Waals surface area contributed by atoms with Crippen LogP contribution in [-0.4, -0.2) is 29.9 Å². The van der Waals surface area contributed by atoms with Crippen molar-refractivity contribution in [1.29, 1.82) is 5.41 Å². The standard InChI is InChI=1S/C15H18N4O/c1-2-19(10-14(16)17)15(20)18-13-9-5-7-11-6-3-4-8-12(11)13/h3-9H,2,10H2,1H3,(H3,16,17)(H,18,20). The molecule has 4 N–H and O–H groups in total. The number of urea groups is 1. The van der Waals surface area contributed by atoms with E-state index in [4.69, 9.17) is 11.1 Å². The molecule has 0 aliphatic rings. The summed E-state index contributed by atoms with van der Waals surface area (Å²) in [6.07, 6.45) is 0. The molecule has 0 spiro atoms. The number of carbonyl (C=O) groups excluding carboxylic acids is 1. The molecule has 2 amide bonds. The van der Waals surface area contributed by atoms with Crippen molar-refractivity contribution in [3.05, 3.63) is 42.5 Å². The molecule has 0 bridgehead atoms. The molecule has 0 saturated carbocycles. The first-order valence-electron chi connectivity index (χ1n) is 6.48. The molecule has 2 aromatic carbocycles. The monoisotopic (exact) mass is 270 g/mol. The average Bonchev–Trinajstić information content (AvgIpc) is 2.45. The molecule has 0 unspecified atom stereocenters. The first-order valence-corrected chi connectivity index (χ1v) is 6.48. The molecule has 0 radical (unpaired) electrons. The number of amidine groups is 1. The lowest BCUT2D eigenvalue weighted by molar-refractivity contribution is 0.221. The van der Waals surface area contributed by atoms with E-state index in [1.807, 2.05) is 49.4 Å². The number of nitrogens with one attached hydrogen (secondary N) is 2. The van der Waals surface area contributed by atoms with Crippen LogP contribution in [0.25, 0.3) is 10.8 Å². The highest BCUT2D eigenvalue weighted by molar-refractivity contribution is 6.02. The van der Waals surface area contributed by atoms with Gasteiger partial charge in [0.1, 0.15) is 5.84 Å². The third-order valence-corrected chi connectivity index (χ3v) is 3.06. The predicted octanol–water partition coefficient (Wildman–Crippen LogP) is 2.63. The van der Waals surface area contributed by atoms with Gasteiger partial charge in [-0.15, -0.1) is 0 Å². The molecule has 5 nitrogen and oxygen atoms in total. The van der Waals surface area contributed by atoms with Gasteiger partial charge in [0, 0.05) is 11.9 Å². The number of anilines is 1. The summed E-state index contributed by atoms with van der Waals surface area (Å²) in [5, 5.41) is 12.2. The molecule has 0 aromatic heterocycles. The number of amides is 2. The normalized spacial score (nSPS) is 10.2. The Morgan fingerprint density at radius 1 is 1.25 bits per heavy atom. The molecule has 0 fully saturated rings. The Morgan fingerprint density at radius 2 is 1.95 bits per heavy atom. The van der Waals surface area contributed by atoms with E-state index in [0.29, 0.717) is 6.54 Å². The fraction of sp³-hybridized carbons (Fsp3) is 0.200. The maximum Gasteiger partial charge on any atom is 0.322 e. The number of carbonyl (C=O) groups is 1. The number of hydrogen-bond donors (Lipinski definition) is 3. The number of benzene rings is 2. The van der Waals surface area contributed by atoms with Crippen molar-refractivity contribution in [3.8, 4) is 0 Å². The van der Waals surface area contributed by atoms with Crippen molar-refractivity contribution < 1.29 is 4.79 Å². The third-order valence-electron chi connectivity index (χ3n) is 3.06. The van der Waals surface area contributed by atoms with Crippen molar-refractivity contribution >= 4 is 28.3 Å². The highest BCUT2D eigenvalue weighted by Crippen LogP contribution is 2.23. The first-order chi connectivity index (χ1) is 9.61. The Balaban J connectivity index is 2.23. The van der Waals surface area contributed by atoms with E-state index in [1.165, 1.54) is 4.90 Å². The molecule has 104 valence electrons. The number of nitrogens with two attached hydrogens (primary N) is 1. The van der Waals surface area contributed by atoms with Crippen molar-refractivity contribution in [2.24, 2.45) is 5.73 Å². The molecule has 0 saturated heterocycles. The fourth-order valence-electron chi connectivity index (χ4n) is 2.06. The van der Waals surface area contributed by atoms with Crippen LogP contribution < -0.4 is 11.1 Å². The molecule has 0 atom stereocenters. The Morgan fingerprint density at radius 3 is 2.65 bits per heavy atom. The van der Waals surface area contributed by atoms with E-state index in [-0.39, 0.29) is 18.4 Å². The lowest BCUT2D eigenvalue weighted by Gasteiger charge is -2.21. The maximum absolute atomic E-state index is 12.2. The van der Waals surface area contributed by atoms with Crippen molar-refractivity contribution in [1.82, 2.24) is 4.90 Å². The molecule has 5 heteroatoms. The zero-order valence-corrected chi connectivity index (χ0v) is 11.4. The van der Waals surface area contributed by atoms with Crippen LogP contribution in [-0.2, 0) is 0 Å². The van der Waals surface area contributed by atoms with Gasteiger partial charge < -0.3 is 16.0 Å². The highest BCUT2D eigenvalue weighted by atomic mass is 16.2. The van der Waals surface area contributed by atoms with Crippen LogP contribution in [0.2, 0.25) is 0 Å². The summed E-state index contributed by atoms with van der Waals surface area (Å²) in [4.78, 5) is 13.7. The summed E-state index contributed by atoms with van der Waals surface area (Å²) in [6.45, 7) is 2.48. The van der Waals surface area contributed by atoms with E-state index in [2.05, 4.69) is 5.32 Å². The van der Waals surface area contributed by atoms with Gasteiger partial charge in [0.15, 0.2) is 0 Å². The Labute approximate surface area is 117 Å². The van der Waals surface area contributed by atoms with E-state index in [0.717, 1.165) is 16.5 Å². The average molecular weight is 270 g/mol. The Hall–Kier alpha value is -2.56. The van der Waals surface area contributed by atoms with Gasteiger partial charge in [-0.3, -0.25) is 5.41 Å². The van der Waals surface area contributed by atoms with E-state index < -0.39 is 0 Å². The number of nitrogens with zero attached hydrogens (tertiary/aromatic N) is 1. The van der Waals surface area contributed by atoms with Crippen LogP contribution in [0.1, 0.15) is 6.92 Å². The van der Waals surface area contributed by atoms with Gasteiger partial charge in [-0.1, -0.05) is 36.4 Å². The SMILES string of the molecule is CCN(CC(=N)N)C(=O)Nc1cccc2ccccc12. The third kappa shape index (κ3) is 3.06. The number of hydrogen-bond acceptors (Lipinski definition) is 2. The van der Waals surface area contributed by atoms with E-state index >= 15 is 0 Å². The fourth-order valence-corrected chi connectivity index (χ4v) is 2.06. The van der Waals surface area contributed by atoms with Crippen molar-refractivity contribution in [2.45, 2.75) is 6.92 Å². The van der Waals surface area contributed by atoms with Crippen LogP contribution in [0.3, 0.4) is 0 Å². The van der Waals surface area contributed by atoms with Gasteiger partial charge >= 0.3 is 6.03 Å². The minimum absolute atomic E-state index is 0.0279. The molecule has 20 heavy (non-hydrogen) atoms. The summed E-state index contributed by atoms with van der Waals surface area (Å²) in [7, 11) is 0. The maximum atomic E-state index is 12.2. The number of fused-ring (bicyclic) bond motifs is 1. The van der Waals surface area contributed by atoms with Crippen molar-refractivity contribution in [3.63, 3.8) is 0 Å². The second-order valence-electron chi connectivity index (χ2n) is 4.50. The smallest absolute Gasteiger partial charge is 0.322 e. The van der Waals surface area contributed by atoms with Gasteiger partial charge in [0.25, 0.3) is 0 Å². The Bertz CT molecular complexity index is 633. The lowest BCUT2D eigenvalue weighted by atomic mass is 10.1. The minimum atomic E-state index is -0.251. The summed E-state index contributed by atoms with van der Waals surface area (Å²) >= 11 is 0. The zero-order valence-electron chi connectivity index (χ0n) is 11.4. The summed E-state index contributed by atoms with van der Waals surface area (Å²) in [5.74, 6) is -0.0279.